The van der Waals surface area contributed by atoms with Crippen molar-refractivity contribution < 1.29 is 4.79 Å². The SMILES string of the molecule is CC(=O)[C@H]1CCCC(C)C1.CCC. The van der Waals surface area contributed by atoms with Crippen LogP contribution >= 0.6 is 0 Å². The van der Waals surface area contributed by atoms with Crippen molar-refractivity contribution in [2.75, 3.05) is 0 Å². The van der Waals surface area contributed by atoms with E-state index in [2.05, 4.69) is 20.8 Å². The van der Waals surface area contributed by atoms with Crippen LogP contribution in [0.25, 0.3) is 0 Å². The molecule has 1 unspecified atom stereocenters. The molecule has 0 radical (unpaired) electrons. The Balaban J connectivity index is 0.000000424. The normalized spacial score (nSPS) is 27.4. The van der Waals surface area contributed by atoms with Crippen LogP contribution < -0.4 is 0 Å². The molecule has 1 nitrogen and oxygen atoms in total. The minimum atomic E-state index is 0.392. The van der Waals surface area contributed by atoms with E-state index in [1.807, 2.05) is 0 Å². The Morgan fingerprint density at radius 1 is 1.31 bits per heavy atom. The summed E-state index contributed by atoms with van der Waals surface area (Å²) in [6, 6.07) is 0. The van der Waals surface area contributed by atoms with Gasteiger partial charge in [-0.3, -0.25) is 4.79 Å². The molecule has 0 heterocycles. The molecule has 0 amide bonds. The van der Waals surface area contributed by atoms with Gasteiger partial charge in [-0.05, 0) is 25.7 Å². The molecule has 1 aliphatic carbocycles. The first-order chi connectivity index (χ1) is 6.11. The third kappa shape index (κ3) is 5.84. The zero-order valence-corrected chi connectivity index (χ0v) is 9.60. The van der Waals surface area contributed by atoms with E-state index in [1.54, 1.807) is 6.92 Å². The van der Waals surface area contributed by atoms with Crippen molar-refractivity contribution in [3.05, 3.63) is 0 Å². The van der Waals surface area contributed by atoms with E-state index in [4.69, 9.17) is 0 Å². The molecular weight excluding hydrogens is 160 g/mol. The predicted molar refractivity (Wildman–Crippen MR) is 57.8 cm³/mol. The molecule has 0 saturated heterocycles. The highest BCUT2D eigenvalue weighted by molar-refractivity contribution is 5.78. The first-order valence-electron chi connectivity index (χ1n) is 5.62. The maximum absolute atomic E-state index is 10.9. The molecule has 0 bridgehead atoms. The zero-order chi connectivity index (χ0) is 10.3. The highest BCUT2D eigenvalue weighted by Gasteiger charge is 2.21. The lowest BCUT2D eigenvalue weighted by Crippen LogP contribution is -2.19. The van der Waals surface area contributed by atoms with Crippen LogP contribution in [-0.4, -0.2) is 5.78 Å². The number of carbonyl (C=O) groups is 1. The summed E-state index contributed by atoms with van der Waals surface area (Å²) in [5, 5.41) is 0. The third-order valence-electron chi connectivity index (χ3n) is 2.51. The smallest absolute Gasteiger partial charge is 0.132 e. The molecule has 0 aliphatic heterocycles. The molecule has 1 saturated carbocycles. The van der Waals surface area contributed by atoms with Gasteiger partial charge in [0, 0.05) is 5.92 Å². The summed E-state index contributed by atoms with van der Waals surface area (Å²) in [5.41, 5.74) is 0. The average molecular weight is 184 g/mol. The molecule has 0 aromatic rings. The summed E-state index contributed by atoms with van der Waals surface area (Å²) in [6.45, 7) is 8.22. The van der Waals surface area contributed by atoms with E-state index >= 15 is 0 Å². The molecule has 1 rings (SSSR count). The van der Waals surface area contributed by atoms with Crippen LogP contribution in [0.2, 0.25) is 0 Å². The summed E-state index contributed by atoms with van der Waals surface area (Å²) >= 11 is 0. The van der Waals surface area contributed by atoms with E-state index in [1.165, 1.54) is 19.3 Å². The van der Waals surface area contributed by atoms with E-state index < -0.39 is 0 Å². The second-order valence-electron chi connectivity index (χ2n) is 4.29. The molecule has 13 heavy (non-hydrogen) atoms. The van der Waals surface area contributed by atoms with E-state index in [0.717, 1.165) is 18.8 Å². The minimum Gasteiger partial charge on any atom is -0.300 e. The summed E-state index contributed by atoms with van der Waals surface area (Å²) < 4.78 is 0. The van der Waals surface area contributed by atoms with Crippen molar-refractivity contribution in [1.82, 2.24) is 0 Å². The molecule has 1 heteroatoms. The second-order valence-corrected chi connectivity index (χ2v) is 4.29. The van der Waals surface area contributed by atoms with E-state index in [-0.39, 0.29) is 0 Å². The fourth-order valence-corrected chi connectivity index (χ4v) is 1.80. The summed E-state index contributed by atoms with van der Waals surface area (Å²) in [6.07, 6.45) is 6.10. The van der Waals surface area contributed by atoms with Crippen molar-refractivity contribution in [3.8, 4) is 0 Å². The largest absolute Gasteiger partial charge is 0.300 e. The van der Waals surface area contributed by atoms with Gasteiger partial charge in [-0.25, -0.2) is 0 Å². The topological polar surface area (TPSA) is 17.1 Å². The third-order valence-corrected chi connectivity index (χ3v) is 2.51. The van der Waals surface area contributed by atoms with Gasteiger partial charge in [0.05, 0.1) is 0 Å². The highest BCUT2D eigenvalue weighted by Crippen LogP contribution is 2.28. The van der Waals surface area contributed by atoms with Gasteiger partial charge in [0.25, 0.3) is 0 Å². The number of Topliss-reactive ketones (excluding diaryl/α,β-unsaturated/α-hetero) is 1. The zero-order valence-electron chi connectivity index (χ0n) is 9.60. The molecule has 1 aliphatic rings. The fraction of sp³-hybridized carbons (Fsp3) is 0.917. The maximum atomic E-state index is 10.9. The minimum absolute atomic E-state index is 0.392. The molecular formula is C12H24O. The van der Waals surface area contributed by atoms with Crippen LogP contribution in [-0.2, 0) is 4.79 Å². The highest BCUT2D eigenvalue weighted by atomic mass is 16.1. The van der Waals surface area contributed by atoms with Gasteiger partial charge in [0.1, 0.15) is 5.78 Å². The Labute approximate surface area is 82.9 Å². The quantitative estimate of drug-likeness (QED) is 0.605. The van der Waals surface area contributed by atoms with Gasteiger partial charge in [0.15, 0.2) is 0 Å². The lowest BCUT2D eigenvalue weighted by Gasteiger charge is -2.24. The Hall–Kier alpha value is -0.330. The van der Waals surface area contributed by atoms with Crippen LogP contribution in [0.4, 0.5) is 0 Å². The lowest BCUT2D eigenvalue weighted by atomic mass is 9.81. The fourth-order valence-electron chi connectivity index (χ4n) is 1.80. The Morgan fingerprint density at radius 2 is 1.85 bits per heavy atom. The number of ketones is 1. The van der Waals surface area contributed by atoms with Crippen LogP contribution in [0.15, 0.2) is 0 Å². The second kappa shape index (κ2) is 7.11. The monoisotopic (exact) mass is 184 g/mol. The van der Waals surface area contributed by atoms with Gasteiger partial charge in [-0.2, -0.15) is 0 Å². The van der Waals surface area contributed by atoms with Crippen LogP contribution in [0, 0.1) is 11.8 Å². The van der Waals surface area contributed by atoms with E-state index in [0.29, 0.717) is 11.7 Å². The molecule has 0 aromatic heterocycles. The number of rotatable bonds is 1. The Bertz CT molecular complexity index is 140. The van der Waals surface area contributed by atoms with Crippen LogP contribution in [0.3, 0.4) is 0 Å². The summed E-state index contributed by atoms with van der Waals surface area (Å²) in [4.78, 5) is 10.9. The molecule has 0 spiro atoms. The van der Waals surface area contributed by atoms with Gasteiger partial charge < -0.3 is 0 Å². The first kappa shape index (κ1) is 12.7. The van der Waals surface area contributed by atoms with Crippen molar-refractivity contribution in [1.29, 1.82) is 0 Å². The molecule has 1 fully saturated rings. The molecule has 0 aromatic carbocycles. The van der Waals surface area contributed by atoms with Gasteiger partial charge in [0.2, 0.25) is 0 Å². The Kier molecular flexibility index (Phi) is 6.93. The predicted octanol–water partition coefficient (Wildman–Crippen LogP) is 3.82. The van der Waals surface area contributed by atoms with E-state index in [9.17, 15) is 4.79 Å². The summed E-state index contributed by atoms with van der Waals surface area (Å²) in [5.74, 6) is 1.57. The number of carbonyl (C=O) groups excluding carboxylic acids is 1. The average Bonchev–Trinajstić information content (AvgIpc) is 2.05. The molecule has 0 N–H and O–H groups in total. The van der Waals surface area contributed by atoms with Gasteiger partial charge >= 0.3 is 0 Å². The van der Waals surface area contributed by atoms with Crippen molar-refractivity contribution in [2.45, 2.75) is 59.8 Å². The van der Waals surface area contributed by atoms with Crippen molar-refractivity contribution in [3.63, 3.8) is 0 Å². The molecule has 2 atom stereocenters. The number of hydrogen-bond donors (Lipinski definition) is 0. The summed E-state index contributed by atoms with van der Waals surface area (Å²) in [7, 11) is 0. The van der Waals surface area contributed by atoms with Gasteiger partial charge in [-0.1, -0.05) is 40.0 Å². The van der Waals surface area contributed by atoms with Crippen molar-refractivity contribution in [2.24, 2.45) is 11.8 Å². The molecule has 78 valence electrons. The Morgan fingerprint density at radius 3 is 2.15 bits per heavy atom. The standard InChI is InChI=1S/C9H16O.C3H8/c1-7-4-3-5-9(6-7)8(2)10;1-3-2/h7,9H,3-6H2,1-2H3;3H2,1-2H3/t7?,9-;/m0./s1. The van der Waals surface area contributed by atoms with Crippen molar-refractivity contribution >= 4 is 5.78 Å². The first-order valence-corrected chi connectivity index (χ1v) is 5.62. The lowest BCUT2D eigenvalue weighted by molar-refractivity contribution is -0.122. The maximum Gasteiger partial charge on any atom is 0.132 e. The van der Waals surface area contributed by atoms with Crippen LogP contribution in [0.1, 0.15) is 59.8 Å². The van der Waals surface area contributed by atoms with Gasteiger partial charge in [-0.15, -0.1) is 0 Å². The number of hydrogen-bond acceptors (Lipinski definition) is 1. The van der Waals surface area contributed by atoms with Crippen LogP contribution in [0.5, 0.6) is 0 Å².